The minimum absolute atomic E-state index is 0.149. The number of rotatable bonds is 3. The summed E-state index contributed by atoms with van der Waals surface area (Å²) in [6, 6.07) is 32.8. The third kappa shape index (κ3) is 3.15. The molecule has 0 unspecified atom stereocenters. The molecule has 0 heterocycles. The standard InChI is InChI=1S/C28H19NO2/c29-17-18-9-11-19(12-10-18)28(24-13-15-26(30)22-7-3-1-5-20(22)24)25-14-16-27(31)23-8-4-2-6-21(23)25/h1-16,28,30-31H. The van der Waals surface area contributed by atoms with Gasteiger partial charge in [-0.2, -0.15) is 5.26 Å². The molecule has 0 bridgehead atoms. The van der Waals surface area contributed by atoms with Crippen LogP contribution in [0.1, 0.15) is 28.2 Å². The Morgan fingerprint density at radius 1 is 0.548 bits per heavy atom. The first-order valence-corrected chi connectivity index (χ1v) is 10.1. The number of benzene rings is 5. The molecule has 3 nitrogen and oxygen atoms in total. The number of nitriles is 1. The molecule has 0 aromatic heterocycles. The Morgan fingerprint density at radius 2 is 1.00 bits per heavy atom. The number of nitrogens with zero attached hydrogens (tertiary/aromatic N) is 1. The molecule has 0 spiro atoms. The number of phenolic OH excluding ortho intramolecular Hbond substituents is 2. The highest BCUT2D eigenvalue weighted by atomic mass is 16.3. The Morgan fingerprint density at radius 3 is 1.45 bits per heavy atom. The quantitative estimate of drug-likeness (QED) is 0.341. The van der Waals surface area contributed by atoms with Crippen molar-refractivity contribution in [3.63, 3.8) is 0 Å². The first-order chi connectivity index (χ1) is 15.2. The summed E-state index contributed by atoms with van der Waals surface area (Å²) in [4.78, 5) is 0. The van der Waals surface area contributed by atoms with Crippen molar-refractivity contribution in [2.75, 3.05) is 0 Å². The van der Waals surface area contributed by atoms with Gasteiger partial charge in [0.05, 0.1) is 11.6 Å². The van der Waals surface area contributed by atoms with Crippen molar-refractivity contribution in [1.82, 2.24) is 0 Å². The molecule has 148 valence electrons. The average molecular weight is 401 g/mol. The maximum atomic E-state index is 10.4. The lowest BCUT2D eigenvalue weighted by molar-refractivity contribution is 0.481. The van der Waals surface area contributed by atoms with Gasteiger partial charge in [-0.15, -0.1) is 0 Å². The van der Waals surface area contributed by atoms with Gasteiger partial charge in [0.25, 0.3) is 0 Å². The van der Waals surface area contributed by atoms with Crippen molar-refractivity contribution in [1.29, 1.82) is 5.26 Å². The number of phenols is 2. The average Bonchev–Trinajstić information content (AvgIpc) is 2.83. The van der Waals surface area contributed by atoms with E-state index in [1.807, 2.05) is 84.9 Å². The maximum absolute atomic E-state index is 10.4. The second-order valence-electron chi connectivity index (χ2n) is 7.61. The summed E-state index contributed by atoms with van der Waals surface area (Å²) in [6.07, 6.45) is 0. The molecule has 0 fully saturated rings. The summed E-state index contributed by atoms with van der Waals surface area (Å²) in [5.41, 5.74) is 3.74. The molecule has 0 aliphatic rings. The monoisotopic (exact) mass is 401 g/mol. The van der Waals surface area contributed by atoms with Crippen LogP contribution in [0.2, 0.25) is 0 Å². The maximum Gasteiger partial charge on any atom is 0.123 e. The number of aromatic hydroxyl groups is 2. The molecule has 0 radical (unpaired) electrons. The molecular weight excluding hydrogens is 382 g/mol. The van der Waals surface area contributed by atoms with E-state index in [1.165, 1.54) is 0 Å². The fourth-order valence-electron chi connectivity index (χ4n) is 4.39. The van der Waals surface area contributed by atoms with Gasteiger partial charge in [0.1, 0.15) is 11.5 Å². The zero-order valence-electron chi connectivity index (χ0n) is 16.7. The molecule has 5 aromatic carbocycles. The van der Waals surface area contributed by atoms with E-state index in [2.05, 4.69) is 6.07 Å². The summed E-state index contributed by atoms with van der Waals surface area (Å²) in [6.45, 7) is 0. The van der Waals surface area contributed by atoms with Gasteiger partial charge in [-0.25, -0.2) is 0 Å². The van der Waals surface area contributed by atoms with Crippen LogP contribution < -0.4 is 0 Å². The van der Waals surface area contributed by atoms with E-state index in [0.717, 1.165) is 38.2 Å². The highest BCUT2D eigenvalue weighted by Gasteiger charge is 2.22. The van der Waals surface area contributed by atoms with Gasteiger partial charge in [0, 0.05) is 16.7 Å². The lowest BCUT2D eigenvalue weighted by Gasteiger charge is -2.23. The van der Waals surface area contributed by atoms with Crippen LogP contribution in [0.4, 0.5) is 0 Å². The van der Waals surface area contributed by atoms with Crippen LogP contribution >= 0.6 is 0 Å². The molecule has 0 saturated carbocycles. The van der Waals surface area contributed by atoms with E-state index in [0.29, 0.717) is 5.56 Å². The second-order valence-corrected chi connectivity index (χ2v) is 7.61. The molecule has 0 atom stereocenters. The normalized spacial score (nSPS) is 11.1. The lowest BCUT2D eigenvalue weighted by Crippen LogP contribution is -2.05. The highest BCUT2D eigenvalue weighted by molar-refractivity contribution is 5.95. The Bertz CT molecular complexity index is 1380. The van der Waals surface area contributed by atoms with Crippen LogP contribution in [0.15, 0.2) is 97.1 Å². The summed E-state index contributed by atoms with van der Waals surface area (Å²) in [5, 5.41) is 33.6. The minimum atomic E-state index is -0.149. The molecule has 0 saturated heterocycles. The molecule has 0 aliphatic carbocycles. The van der Waals surface area contributed by atoms with E-state index < -0.39 is 0 Å². The van der Waals surface area contributed by atoms with Crippen LogP contribution in [0.25, 0.3) is 21.5 Å². The van der Waals surface area contributed by atoms with Gasteiger partial charge in [0.15, 0.2) is 0 Å². The van der Waals surface area contributed by atoms with Crippen LogP contribution in [0, 0.1) is 11.3 Å². The van der Waals surface area contributed by atoms with Gasteiger partial charge in [-0.3, -0.25) is 0 Å². The van der Waals surface area contributed by atoms with Crippen molar-refractivity contribution in [2.45, 2.75) is 5.92 Å². The van der Waals surface area contributed by atoms with Gasteiger partial charge < -0.3 is 10.2 Å². The highest BCUT2D eigenvalue weighted by Crippen LogP contribution is 2.42. The van der Waals surface area contributed by atoms with E-state index in [-0.39, 0.29) is 17.4 Å². The second kappa shape index (κ2) is 7.51. The predicted octanol–water partition coefficient (Wildman–Crippen LogP) is 6.46. The summed E-state index contributed by atoms with van der Waals surface area (Å²) in [5.74, 6) is 0.339. The van der Waals surface area contributed by atoms with Gasteiger partial charge in [0.2, 0.25) is 0 Å². The van der Waals surface area contributed by atoms with E-state index in [4.69, 9.17) is 0 Å². The zero-order chi connectivity index (χ0) is 21.4. The van der Waals surface area contributed by atoms with Crippen molar-refractivity contribution >= 4 is 21.5 Å². The van der Waals surface area contributed by atoms with E-state index >= 15 is 0 Å². The third-order valence-corrected chi connectivity index (χ3v) is 5.86. The molecular formula is C28H19NO2. The van der Waals surface area contributed by atoms with Crippen molar-refractivity contribution in [3.05, 3.63) is 119 Å². The fraction of sp³-hybridized carbons (Fsp3) is 0.0357. The smallest absolute Gasteiger partial charge is 0.123 e. The molecule has 3 heteroatoms. The fourth-order valence-corrected chi connectivity index (χ4v) is 4.39. The van der Waals surface area contributed by atoms with E-state index in [9.17, 15) is 15.5 Å². The summed E-state index contributed by atoms with van der Waals surface area (Å²) < 4.78 is 0. The molecule has 5 rings (SSSR count). The first-order valence-electron chi connectivity index (χ1n) is 10.1. The first kappa shape index (κ1) is 18.7. The molecule has 5 aromatic rings. The van der Waals surface area contributed by atoms with Gasteiger partial charge >= 0.3 is 0 Å². The molecule has 2 N–H and O–H groups in total. The van der Waals surface area contributed by atoms with Crippen molar-refractivity contribution in [2.24, 2.45) is 0 Å². The van der Waals surface area contributed by atoms with Crippen molar-refractivity contribution in [3.8, 4) is 17.6 Å². The predicted molar refractivity (Wildman–Crippen MR) is 123 cm³/mol. The van der Waals surface area contributed by atoms with Crippen LogP contribution in [-0.2, 0) is 0 Å². The minimum Gasteiger partial charge on any atom is -0.507 e. The SMILES string of the molecule is N#Cc1ccc(C(c2ccc(O)c3ccccc23)c2ccc(O)c3ccccc23)cc1. The molecule has 0 amide bonds. The van der Waals surface area contributed by atoms with Crippen molar-refractivity contribution < 1.29 is 10.2 Å². The zero-order valence-corrected chi connectivity index (χ0v) is 16.7. The topological polar surface area (TPSA) is 64.2 Å². The van der Waals surface area contributed by atoms with Gasteiger partial charge in [-0.05, 0) is 51.7 Å². The van der Waals surface area contributed by atoms with Crippen LogP contribution in [0.3, 0.4) is 0 Å². The van der Waals surface area contributed by atoms with Crippen LogP contribution in [0.5, 0.6) is 11.5 Å². The third-order valence-electron chi connectivity index (χ3n) is 5.86. The largest absolute Gasteiger partial charge is 0.507 e. The Hall–Kier alpha value is -4.29. The van der Waals surface area contributed by atoms with Crippen LogP contribution in [-0.4, -0.2) is 10.2 Å². The van der Waals surface area contributed by atoms with Gasteiger partial charge in [-0.1, -0.05) is 72.8 Å². The van der Waals surface area contributed by atoms with E-state index in [1.54, 1.807) is 12.1 Å². The number of hydrogen-bond donors (Lipinski definition) is 2. The summed E-state index contributed by atoms with van der Waals surface area (Å²) >= 11 is 0. The Kier molecular flexibility index (Phi) is 4.54. The summed E-state index contributed by atoms with van der Waals surface area (Å²) in [7, 11) is 0. The molecule has 31 heavy (non-hydrogen) atoms. The number of hydrogen-bond acceptors (Lipinski definition) is 3. The Labute approximate surface area is 180 Å². The Balaban J connectivity index is 1.85. The lowest BCUT2D eigenvalue weighted by atomic mass is 9.80. The number of fused-ring (bicyclic) bond motifs is 2. The molecule has 0 aliphatic heterocycles.